The monoisotopic (exact) mass is 770 g/mol. The largest absolute Gasteiger partial charge is 0.505 e. The molecule has 0 aliphatic carbocycles. The second-order valence-electron chi connectivity index (χ2n) is 12.8. The van der Waals surface area contributed by atoms with Crippen LogP contribution in [-0.2, 0) is 37.6 Å². The maximum atomic E-state index is 14.4. The van der Waals surface area contributed by atoms with Crippen LogP contribution in [0.15, 0.2) is 70.5 Å². The second kappa shape index (κ2) is 13.0. The van der Waals surface area contributed by atoms with Crippen molar-refractivity contribution < 1.29 is 36.8 Å². The lowest BCUT2D eigenvalue weighted by Crippen LogP contribution is -2.47. The molecule has 3 aromatic heterocycles. The number of nitrogens with one attached hydrogen (secondary N) is 2. The molecule has 276 valence electrons. The molecule has 2 aromatic carbocycles. The summed E-state index contributed by atoms with van der Waals surface area (Å²) in [6.07, 6.45) is -2.39. The van der Waals surface area contributed by atoms with E-state index < -0.39 is 57.1 Å². The van der Waals surface area contributed by atoms with Crippen molar-refractivity contribution in [1.82, 2.24) is 29.0 Å². The molecule has 3 N–H and O–H groups in total. The number of halogens is 4. The molecule has 5 heterocycles. The van der Waals surface area contributed by atoms with Gasteiger partial charge in [0.05, 0.1) is 43.4 Å². The zero-order chi connectivity index (χ0) is 38.0. The van der Waals surface area contributed by atoms with Crippen LogP contribution in [0.25, 0.3) is 17.2 Å². The molecule has 2 atom stereocenters. The van der Waals surface area contributed by atoms with Gasteiger partial charge in [-0.2, -0.15) is 22.7 Å². The number of carbonyl (C=O) groups excluding carboxylic acids is 2. The number of pyridine rings is 1. The Kier molecular flexibility index (Phi) is 8.81. The Morgan fingerprint density at radius 3 is 2.47 bits per heavy atom. The van der Waals surface area contributed by atoms with E-state index in [4.69, 9.17) is 21.1 Å². The number of alkyl halides is 3. The van der Waals surface area contributed by atoms with Gasteiger partial charge in [0.1, 0.15) is 17.9 Å². The predicted octanol–water partition coefficient (Wildman–Crippen LogP) is 5.23. The lowest BCUT2D eigenvalue weighted by Gasteiger charge is -2.39. The van der Waals surface area contributed by atoms with Crippen LogP contribution >= 0.6 is 11.6 Å². The molecule has 1 unspecified atom stereocenters. The third kappa shape index (κ3) is 6.50. The Bertz CT molecular complexity index is 2480. The normalized spacial score (nSPS) is 17.8. The zero-order valence-corrected chi connectivity index (χ0v) is 29.6. The molecule has 1 fully saturated rings. The fourth-order valence-corrected chi connectivity index (χ4v) is 7.68. The number of aromatic hydroxyl groups is 1. The highest BCUT2D eigenvalue weighted by molar-refractivity contribution is 7.91. The lowest BCUT2D eigenvalue weighted by molar-refractivity contribution is -0.137. The van der Waals surface area contributed by atoms with E-state index >= 15 is 0 Å². The molecule has 19 heteroatoms. The maximum absolute atomic E-state index is 14.4. The van der Waals surface area contributed by atoms with E-state index in [0.29, 0.717) is 17.3 Å². The number of piperidine rings is 1. The van der Waals surface area contributed by atoms with Crippen molar-refractivity contribution in [2.45, 2.75) is 49.1 Å². The number of hydrogen-bond donors (Lipinski definition) is 3. The molecule has 0 radical (unpaired) electrons. The van der Waals surface area contributed by atoms with E-state index in [0.717, 1.165) is 16.6 Å². The molecule has 2 aliphatic rings. The molecule has 1 saturated heterocycles. The fourth-order valence-electron chi connectivity index (χ4n) is 6.80. The molecule has 5 aromatic rings. The van der Waals surface area contributed by atoms with Crippen LogP contribution in [0.2, 0.25) is 5.02 Å². The van der Waals surface area contributed by atoms with Crippen molar-refractivity contribution in [3.8, 4) is 17.1 Å². The second-order valence-corrected chi connectivity index (χ2v) is 15.4. The van der Waals surface area contributed by atoms with Crippen molar-refractivity contribution in [1.29, 1.82) is 4.78 Å². The van der Waals surface area contributed by atoms with Crippen LogP contribution in [0.5, 0.6) is 5.75 Å². The molecular weight excluding hydrogens is 741 g/mol. The minimum atomic E-state index is -4.65. The SMILES string of the molecule is C[C@H]1OC2(CCN(C(=O)c3ncccc3O)CC2)c2c1n(CC(=O)Nc1ccc(C(F)(F)F)cc1Cl)c1nc(-c3ccc(S(C)(=N)=O)cc3)nn1c2=O. The van der Waals surface area contributed by atoms with E-state index in [1.54, 1.807) is 19.1 Å². The molecule has 2 amide bonds. The molecule has 1 spiro atoms. The van der Waals surface area contributed by atoms with Crippen LogP contribution in [0.3, 0.4) is 0 Å². The first-order valence-corrected chi connectivity index (χ1v) is 18.5. The molecule has 53 heavy (non-hydrogen) atoms. The Hall–Kier alpha value is -5.33. The van der Waals surface area contributed by atoms with Crippen molar-refractivity contribution in [3.63, 3.8) is 0 Å². The Balaban J connectivity index is 1.29. The molecule has 7 rings (SSSR count). The minimum absolute atomic E-state index is 0.0352. The molecular formula is C34H30ClF3N8O6S. The first kappa shape index (κ1) is 36.0. The number of carbonyl (C=O) groups is 2. The summed E-state index contributed by atoms with van der Waals surface area (Å²) in [4.78, 5) is 51.6. The van der Waals surface area contributed by atoms with Gasteiger partial charge in [0.15, 0.2) is 11.5 Å². The summed E-state index contributed by atoms with van der Waals surface area (Å²) >= 11 is 6.12. The molecule has 0 bridgehead atoms. The Morgan fingerprint density at radius 2 is 1.85 bits per heavy atom. The van der Waals surface area contributed by atoms with Crippen LogP contribution in [0, 0.1) is 4.78 Å². The highest BCUT2D eigenvalue weighted by Crippen LogP contribution is 2.48. The van der Waals surface area contributed by atoms with Crippen LogP contribution in [0.4, 0.5) is 18.9 Å². The number of fused-ring (bicyclic) bond motifs is 3. The number of ether oxygens (including phenoxy) is 1. The average molecular weight is 771 g/mol. The maximum Gasteiger partial charge on any atom is 0.416 e. The van der Waals surface area contributed by atoms with Gasteiger partial charge in [0.2, 0.25) is 11.7 Å². The van der Waals surface area contributed by atoms with E-state index in [1.165, 1.54) is 46.2 Å². The van der Waals surface area contributed by atoms with Gasteiger partial charge < -0.3 is 24.6 Å². The highest BCUT2D eigenvalue weighted by atomic mass is 35.5. The van der Waals surface area contributed by atoms with Crippen molar-refractivity contribution in [2.75, 3.05) is 24.7 Å². The molecule has 14 nitrogen and oxygen atoms in total. The first-order valence-electron chi connectivity index (χ1n) is 16.1. The van der Waals surface area contributed by atoms with Crippen LogP contribution in [0.1, 0.15) is 53.2 Å². The third-order valence-corrected chi connectivity index (χ3v) is 10.8. The van der Waals surface area contributed by atoms with Gasteiger partial charge in [-0.3, -0.25) is 14.4 Å². The minimum Gasteiger partial charge on any atom is -0.505 e. The highest BCUT2D eigenvalue weighted by Gasteiger charge is 2.50. The van der Waals surface area contributed by atoms with Crippen LogP contribution < -0.4 is 10.9 Å². The lowest BCUT2D eigenvalue weighted by atomic mass is 9.85. The number of aromatic nitrogens is 5. The van der Waals surface area contributed by atoms with E-state index in [2.05, 4.69) is 20.4 Å². The fraction of sp³-hybridized carbons (Fsp3) is 0.294. The van der Waals surface area contributed by atoms with Gasteiger partial charge >= 0.3 is 6.18 Å². The summed E-state index contributed by atoms with van der Waals surface area (Å²) in [5, 5.41) is 16.9. The average Bonchev–Trinajstić information content (AvgIpc) is 3.67. The van der Waals surface area contributed by atoms with Crippen molar-refractivity contribution >= 4 is 44.6 Å². The number of amides is 2. The van der Waals surface area contributed by atoms with Gasteiger partial charge in [-0.25, -0.2) is 14.0 Å². The van der Waals surface area contributed by atoms with Crippen LogP contribution in [-0.4, -0.2) is 69.5 Å². The number of likely N-dealkylation sites (tertiary alicyclic amines) is 1. The van der Waals surface area contributed by atoms with Gasteiger partial charge in [0.25, 0.3) is 11.5 Å². The van der Waals surface area contributed by atoms with E-state index in [-0.39, 0.29) is 70.1 Å². The number of hydrogen-bond acceptors (Lipinski definition) is 10. The van der Waals surface area contributed by atoms with Gasteiger partial charge in [0, 0.05) is 36.0 Å². The number of rotatable bonds is 6. The quantitative estimate of drug-likeness (QED) is 0.208. The summed E-state index contributed by atoms with van der Waals surface area (Å²) in [6.45, 7) is 1.49. The zero-order valence-electron chi connectivity index (χ0n) is 28.0. The first-order chi connectivity index (χ1) is 25.0. The Labute approximate surface area is 304 Å². The summed E-state index contributed by atoms with van der Waals surface area (Å²) in [6, 6.07) is 11.5. The standard InChI is InChI=1S/C34H30ClF3N8O6S/c1-18-28-26(33(52-18)11-14-44(15-12-33)31(50)27-24(47)4-3-13-40-27)30(49)46-32(42-29(43-46)19-5-8-21(9-6-19)53(2,39)51)45(28)17-25(48)41-23-10-7-20(16-22(23)35)34(36,37)38/h3-10,13,16,18,39,47H,11-12,14-15,17H2,1-2H3,(H,41,48)/t18-,53?/m1/s1. The van der Waals surface area contributed by atoms with Gasteiger partial charge in [-0.1, -0.05) is 11.6 Å². The van der Waals surface area contributed by atoms with Gasteiger partial charge in [-0.05, 0) is 74.4 Å². The van der Waals surface area contributed by atoms with E-state index in [1.807, 2.05) is 0 Å². The smallest absolute Gasteiger partial charge is 0.416 e. The molecule has 0 saturated carbocycles. The summed E-state index contributed by atoms with van der Waals surface area (Å²) < 4.78 is 68.9. The third-order valence-electron chi connectivity index (χ3n) is 9.31. The summed E-state index contributed by atoms with van der Waals surface area (Å²) in [5.41, 5.74) is -1.99. The summed E-state index contributed by atoms with van der Waals surface area (Å²) in [7, 11) is -3.01. The predicted molar refractivity (Wildman–Crippen MR) is 185 cm³/mol. The van der Waals surface area contributed by atoms with Crippen molar-refractivity contribution in [3.05, 3.63) is 98.7 Å². The number of nitrogens with zero attached hydrogens (tertiary/aromatic N) is 6. The Morgan fingerprint density at radius 1 is 1.15 bits per heavy atom. The topological polar surface area (TPSA) is 185 Å². The van der Waals surface area contributed by atoms with Gasteiger partial charge in [-0.15, -0.1) is 5.10 Å². The molecule has 2 aliphatic heterocycles. The van der Waals surface area contributed by atoms with E-state index in [9.17, 15) is 36.9 Å². The summed E-state index contributed by atoms with van der Waals surface area (Å²) in [5.74, 6) is -1.41. The number of anilines is 1. The number of benzene rings is 2. The van der Waals surface area contributed by atoms with Crippen molar-refractivity contribution in [2.24, 2.45) is 0 Å².